The van der Waals surface area contributed by atoms with Crippen molar-refractivity contribution in [3.05, 3.63) is 101 Å². The lowest BCUT2D eigenvalue weighted by Crippen LogP contribution is -2.22. The highest BCUT2D eigenvalue weighted by molar-refractivity contribution is 5.97. The minimum Gasteiger partial charge on any atom is -0.326 e. The summed E-state index contributed by atoms with van der Waals surface area (Å²) < 4.78 is 0. The maximum Gasteiger partial charge on any atom is 0.228 e. The molecule has 2 heteroatoms. The van der Waals surface area contributed by atoms with Crippen molar-refractivity contribution in [2.45, 2.75) is 25.7 Å². The fraction of sp³-hybridized carbons (Fsp3) is 0.208. The summed E-state index contributed by atoms with van der Waals surface area (Å²) in [6, 6.07) is 26.9. The van der Waals surface area contributed by atoms with E-state index < -0.39 is 0 Å². The van der Waals surface area contributed by atoms with Gasteiger partial charge in [-0.25, -0.2) is 0 Å². The average molecular weight is 341 g/mol. The summed E-state index contributed by atoms with van der Waals surface area (Å²) >= 11 is 0. The van der Waals surface area contributed by atoms with Gasteiger partial charge >= 0.3 is 0 Å². The van der Waals surface area contributed by atoms with Gasteiger partial charge in [0.15, 0.2) is 0 Å². The van der Waals surface area contributed by atoms with Gasteiger partial charge in [-0.3, -0.25) is 4.79 Å². The Morgan fingerprint density at radius 1 is 0.808 bits per heavy atom. The lowest BCUT2D eigenvalue weighted by molar-refractivity contribution is -0.117. The van der Waals surface area contributed by atoms with Crippen molar-refractivity contribution in [3.8, 4) is 0 Å². The normalized spacial score (nSPS) is 17.5. The molecule has 0 bridgehead atoms. The highest BCUT2D eigenvalue weighted by Gasteiger charge is 2.60. The Kier molecular flexibility index (Phi) is 4.12. The Hall–Kier alpha value is -2.87. The predicted molar refractivity (Wildman–Crippen MR) is 106 cm³/mol. The van der Waals surface area contributed by atoms with Crippen LogP contribution in [-0.2, 0) is 10.2 Å². The number of hydrogen-bond acceptors (Lipinski definition) is 1. The lowest BCUT2D eigenvalue weighted by Gasteiger charge is -2.19. The topological polar surface area (TPSA) is 29.1 Å². The molecule has 1 saturated carbocycles. The van der Waals surface area contributed by atoms with E-state index in [0.29, 0.717) is 0 Å². The van der Waals surface area contributed by atoms with Gasteiger partial charge in [0.25, 0.3) is 0 Å². The number of benzene rings is 3. The summed E-state index contributed by atoms with van der Waals surface area (Å²) in [7, 11) is 0. The van der Waals surface area contributed by atoms with Gasteiger partial charge in [0.1, 0.15) is 0 Å². The number of hydrogen-bond donors (Lipinski definition) is 1. The first-order valence-electron chi connectivity index (χ1n) is 9.10. The molecule has 0 radical (unpaired) electrons. The van der Waals surface area contributed by atoms with Crippen molar-refractivity contribution in [1.82, 2.24) is 0 Å². The van der Waals surface area contributed by atoms with E-state index in [2.05, 4.69) is 67.7 Å². The van der Waals surface area contributed by atoms with Crippen molar-refractivity contribution in [3.63, 3.8) is 0 Å². The zero-order valence-corrected chi connectivity index (χ0v) is 15.2. The fourth-order valence-corrected chi connectivity index (χ4v) is 3.84. The van der Waals surface area contributed by atoms with E-state index in [-0.39, 0.29) is 17.2 Å². The number of nitrogens with one attached hydrogen (secondary N) is 1. The van der Waals surface area contributed by atoms with Crippen LogP contribution >= 0.6 is 0 Å². The van der Waals surface area contributed by atoms with Crippen molar-refractivity contribution in [1.29, 1.82) is 0 Å². The van der Waals surface area contributed by atoms with E-state index in [9.17, 15) is 4.79 Å². The molecule has 0 saturated heterocycles. The molecule has 1 aliphatic carbocycles. The smallest absolute Gasteiger partial charge is 0.228 e. The molecule has 4 rings (SSSR count). The molecule has 26 heavy (non-hydrogen) atoms. The largest absolute Gasteiger partial charge is 0.326 e. The Morgan fingerprint density at radius 3 is 1.81 bits per heavy atom. The van der Waals surface area contributed by atoms with Crippen LogP contribution in [0.25, 0.3) is 0 Å². The Bertz CT molecular complexity index is 865. The van der Waals surface area contributed by atoms with Crippen LogP contribution in [0.1, 0.15) is 28.7 Å². The molecule has 1 amide bonds. The maximum atomic E-state index is 13.0. The molecular weight excluding hydrogens is 318 g/mol. The Labute approximate surface area is 154 Å². The molecule has 2 nitrogen and oxygen atoms in total. The first kappa shape index (κ1) is 16.6. The monoisotopic (exact) mass is 341 g/mol. The number of carbonyl (C=O) groups is 1. The summed E-state index contributed by atoms with van der Waals surface area (Å²) in [5, 5.41) is 3.08. The van der Waals surface area contributed by atoms with E-state index in [0.717, 1.165) is 12.1 Å². The van der Waals surface area contributed by atoms with Crippen molar-refractivity contribution < 1.29 is 4.79 Å². The van der Waals surface area contributed by atoms with E-state index in [1.165, 1.54) is 22.3 Å². The number of aryl methyl sites for hydroxylation is 2. The van der Waals surface area contributed by atoms with Gasteiger partial charge in [-0.1, -0.05) is 77.9 Å². The molecule has 1 aliphatic rings. The van der Waals surface area contributed by atoms with Crippen LogP contribution in [0, 0.1) is 19.8 Å². The second-order valence-corrected chi connectivity index (χ2v) is 7.32. The van der Waals surface area contributed by atoms with E-state index >= 15 is 0 Å². The number of rotatable bonds is 4. The number of para-hydroxylation sites is 1. The van der Waals surface area contributed by atoms with Crippen molar-refractivity contribution in [2.75, 3.05) is 5.32 Å². The lowest BCUT2D eigenvalue weighted by atomic mass is 9.85. The van der Waals surface area contributed by atoms with Gasteiger partial charge in [-0.05, 0) is 43.5 Å². The Morgan fingerprint density at radius 2 is 1.31 bits per heavy atom. The van der Waals surface area contributed by atoms with Crippen LogP contribution in [0.2, 0.25) is 0 Å². The summed E-state index contributed by atoms with van der Waals surface area (Å²) in [6.07, 6.45) is 0.845. The van der Waals surface area contributed by atoms with E-state index in [1.54, 1.807) is 0 Å². The molecule has 0 heterocycles. The standard InChI is InChI=1S/C24H23NO/c1-17-8-12-19(13-9-17)24(20-14-10-18(2)11-15-20)16-22(24)23(26)25-21-6-4-3-5-7-21/h3-15,22H,16H2,1-2H3,(H,25,26). The second kappa shape index (κ2) is 6.45. The molecule has 130 valence electrons. The zero-order chi connectivity index (χ0) is 18.1. The van der Waals surface area contributed by atoms with Crippen molar-refractivity contribution >= 4 is 11.6 Å². The minimum absolute atomic E-state index is 0.0480. The number of amides is 1. The van der Waals surface area contributed by atoms with Crippen molar-refractivity contribution in [2.24, 2.45) is 5.92 Å². The quantitative estimate of drug-likeness (QED) is 0.690. The van der Waals surface area contributed by atoms with Crippen LogP contribution in [0.3, 0.4) is 0 Å². The van der Waals surface area contributed by atoms with Crippen LogP contribution in [-0.4, -0.2) is 5.91 Å². The zero-order valence-electron chi connectivity index (χ0n) is 15.2. The average Bonchev–Trinajstić information content (AvgIpc) is 3.41. The molecule has 1 fully saturated rings. The van der Waals surface area contributed by atoms with Crippen LogP contribution < -0.4 is 5.32 Å². The third kappa shape index (κ3) is 2.92. The minimum atomic E-state index is -0.222. The summed E-state index contributed by atoms with van der Waals surface area (Å²) in [5.41, 5.74) is 5.55. The van der Waals surface area contributed by atoms with Crippen LogP contribution in [0.4, 0.5) is 5.69 Å². The molecule has 1 atom stereocenters. The SMILES string of the molecule is Cc1ccc(C2(c3ccc(C)cc3)CC2C(=O)Nc2ccccc2)cc1. The molecule has 1 N–H and O–H groups in total. The van der Waals surface area contributed by atoms with E-state index in [1.807, 2.05) is 30.3 Å². The molecule has 0 aliphatic heterocycles. The third-order valence-corrected chi connectivity index (χ3v) is 5.45. The fourth-order valence-electron chi connectivity index (χ4n) is 3.84. The number of carbonyl (C=O) groups excluding carboxylic acids is 1. The summed E-state index contributed by atoms with van der Waals surface area (Å²) in [5.74, 6) is 0.0467. The molecule has 0 aromatic heterocycles. The summed E-state index contributed by atoms with van der Waals surface area (Å²) in [4.78, 5) is 13.0. The van der Waals surface area contributed by atoms with Gasteiger partial charge in [-0.15, -0.1) is 0 Å². The summed E-state index contributed by atoms with van der Waals surface area (Å²) in [6.45, 7) is 4.18. The number of anilines is 1. The predicted octanol–water partition coefficient (Wildman–Crippen LogP) is 5.25. The molecule has 1 unspecified atom stereocenters. The van der Waals surface area contributed by atoms with Crippen LogP contribution in [0.5, 0.6) is 0 Å². The first-order valence-corrected chi connectivity index (χ1v) is 9.10. The molecule has 0 spiro atoms. The second-order valence-electron chi connectivity index (χ2n) is 7.32. The molecule has 3 aromatic carbocycles. The first-order chi connectivity index (χ1) is 12.6. The van der Waals surface area contributed by atoms with E-state index in [4.69, 9.17) is 0 Å². The molecule has 3 aromatic rings. The molecular formula is C24H23NO. The van der Waals surface area contributed by atoms with Gasteiger partial charge in [0, 0.05) is 11.1 Å². The van der Waals surface area contributed by atoms with Gasteiger partial charge in [0.05, 0.1) is 5.92 Å². The van der Waals surface area contributed by atoms with Crippen LogP contribution in [0.15, 0.2) is 78.9 Å². The van der Waals surface area contributed by atoms with Gasteiger partial charge in [0.2, 0.25) is 5.91 Å². The van der Waals surface area contributed by atoms with Gasteiger partial charge < -0.3 is 5.32 Å². The highest BCUT2D eigenvalue weighted by atomic mass is 16.2. The maximum absolute atomic E-state index is 13.0. The van der Waals surface area contributed by atoms with Gasteiger partial charge in [-0.2, -0.15) is 0 Å². The third-order valence-electron chi connectivity index (χ3n) is 5.45. The highest BCUT2D eigenvalue weighted by Crippen LogP contribution is 2.59. The Balaban J connectivity index is 1.68.